The maximum atomic E-state index is 5.87. The summed E-state index contributed by atoms with van der Waals surface area (Å²) in [6.07, 6.45) is 0.989. The standard InChI is InChI=1S/C29H28N4OS/c1-5-21-10-14-22(15-11-21)26-25(28-31-27(32-34-28)23-12-6-18(2)7-13-23)20(4)33(29(35)30-26)24-16-8-19(3)9-17-24/h6-17,26H,5H2,1-4H3,(H,30,35). The molecule has 1 aliphatic heterocycles. The Morgan fingerprint density at radius 2 is 1.51 bits per heavy atom. The quantitative estimate of drug-likeness (QED) is 0.318. The number of aryl methyl sites for hydroxylation is 3. The number of hydrogen-bond acceptors (Lipinski definition) is 4. The molecular weight excluding hydrogens is 452 g/mol. The molecule has 0 saturated carbocycles. The molecule has 0 radical (unpaired) electrons. The van der Waals surface area contributed by atoms with Crippen LogP contribution in [-0.2, 0) is 6.42 Å². The molecule has 6 heteroatoms. The van der Waals surface area contributed by atoms with Crippen molar-refractivity contribution in [1.82, 2.24) is 15.5 Å². The fourth-order valence-electron chi connectivity index (χ4n) is 4.37. The van der Waals surface area contributed by atoms with E-state index in [2.05, 4.69) is 86.7 Å². The van der Waals surface area contributed by atoms with E-state index in [0.717, 1.165) is 34.5 Å². The molecule has 1 N–H and O–H groups in total. The lowest BCUT2D eigenvalue weighted by Gasteiger charge is -2.37. The Morgan fingerprint density at radius 3 is 2.14 bits per heavy atom. The van der Waals surface area contributed by atoms with Crippen molar-refractivity contribution < 1.29 is 4.52 Å². The van der Waals surface area contributed by atoms with Crippen LogP contribution in [0.15, 0.2) is 83.0 Å². The van der Waals surface area contributed by atoms with Crippen molar-refractivity contribution >= 4 is 28.6 Å². The van der Waals surface area contributed by atoms with E-state index in [0.29, 0.717) is 16.8 Å². The van der Waals surface area contributed by atoms with Crippen LogP contribution >= 0.6 is 12.2 Å². The number of nitrogens with zero attached hydrogens (tertiary/aromatic N) is 3. The van der Waals surface area contributed by atoms with Gasteiger partial charge >= 0.3 is 0 Å². The highest BCUT2D eigenvalue weighted by Gasteiger charge is 2.34. The summed E-state index contributed by atoms with van der Waals surface area (Å²) in [4.78, 5) is 6.85. The largest absolute Gasteiger partial charge is 0.351 e. The number of benzene rings is 3. The van der Waals surface area contributed by atoms with Gasteiger partial charge in [0.25, 0.3) is 5.89 Å². The van der Waals surface area contributed by atoms with Crippen molar-refractivity contribution in [3.8, 4) is 11.4 Å². The van der Waals surface area contributed by atoms with Crippen LogP contribution in [-0.4, -0.2) is 15.3 Å². The molecule has 1 aromatic heterocycles. The number of thiocarbonyl (C=S) groups is 1. The molecule has 1 atom stereocenters. The van der Waals surface area contributed by atoms with Gasteiger partial charge in [-0.05, 0) is 62.7 Å². The summed E-state index contributed by atoms with van der Waals surface area (Å²) in [5.41, 5.74) is 8.54. The second-order valence-electron chi connectivity index (χ2n) is 8.94. The average molecular weight is 481 g/mol. The summed E-state index contributed by atoms with van der Waals surface area (Å²) < 4.78 is 5.87. The Kier molecular flexibility index (Phi) is 6.22. The van der Waals surface area contributed by atoms with E-state index in [-0.39, 0.29) is 6.04 Å². The van der Waals surface area contributed by atoms with E-state index >= 15 is 0 Å². The van der Waals surface area contributed by atoms with Gasteiger partial charge in [-0.2, -0.15) is 4.98 Å². The van der Waals surface area contributed by atoms with Gasteiger partial charge in [0, 0.05) is 16.9 Å². The number of allylic oxidation sites excluding steroid dienone is 1. The molecule has 4 aromatic rings. The molecule has 0 bridgehead atoms. The van der Waals surface area contributed by atoms with Crippen molar-refractivity contribution in [3.63, 3.8) is 0 Å². The Morgan fingerprint density at radius 1 is 0.886 bits per heavy atom. The Balaban J connectivity index is 1.63. The summed E-state index contributed by atoms with van der Waals surface area (Å²) >= 11 is 5.86. The molecule has 0 fully saturated rings. The number of aromatic nitrogens is 2. The third-order valence-corrected chi connectivity index (χ3v) is 6.76. The van der Waals surface area contributed by atoms with E-state index in [9.17, 15) is 0 Å². The van der Waals surface area contributed by atoms with E-state index in [1.807, 2.05) is 29.2 Å². The third-order valence-electron chi connectivity index (χ3n) is 6.46. The summed E-state index contributed by atoms with van der Waals surface area (Å²) in [7, 11) is 0. The van der Waals surface area contributed by atoms with Crippen molar-refractivity contribution in [2.45, 2.75) is 40.2 Å². The molecule has 3 aromatic carbocycles. The second-order valence-corrected chi connectivity index (χ2v) is 9.32. The van der Waals surface area contributed by atoms with Gasteiger partial charge in [-0.25, -0.2) is 0 Å². The lowest BCUT2D eigenvalue weighted by atomic mass is 9.93. The van der Waals surface area contributed by atoms with Crippen molar-refractivity contribution in [2.75, 3.05) is 4.90 Å². The van der Waals surface area contributed by atoms with Crippen LogP contribution in [0.2, 0.25) is 0 Å². The highest BCUT2D eigenvalue weighted by molar-refractivity contribution is 7.80. The molecule has 0 saturated heterocycles. The van der Waals surface area contributed by atoms with Crippen LogP contribution in [0.3, 0.4) is 0 Å². The van der Waals surface area contributed by atoms with Crippen LogP contribution in [0.1, 0.15) is 48.0 Å². The lowest BCUT2D eigenvalue weighted by molar-refractivity contribution is 0.404. The molecule has 2 heterocycles. The molecule has 176 valence electrons. The molecular formula is C29H28N4OS. The van der Waals surface area contributed by atoms with Gasteiger partial charge in [-0.15, -0.1) is 0 Å². The first-order valence-electron chi connectivity index (χ1n) is 11.8. The minimum absolute atomic E-state index is 0.207. The monoisotopic (exact) mass is 480 g/mol. The zero-order chi connectivity index (χ0) is 24.5. The topological polar surface area (TPSA) is 54.2 Å². The molecule has 1 aliphatic rings. The van der Waals surface area contributed by atoms with Crippen LogP contribution in [0.25, 0.3) is 17.0 Å². The van der Waals surface area contributed by atoms with Crippen molar-refractivity contribution in [3.05, 3.63) is 107 Å². The van der Waals surface area contributed by atoms with E-state index in [1.165, 1.54) is 16.7 Å². The van der Waals surface area contributed by atoms with E-state index < -0.39 is 0 Å². The first kappa shape index (κ1) is 23.0. The highest BCUT2D eigenvalue weighted by atomic mass is 32.1. The predicted octanol–water partition coefficient (Wildman–Crippen LogP) is 6.78. The third kappa shape index (κ3) is 4.49. The fourth-order valence-corrected chi connectivity index (χ4v) is 4.73. The Bertz CT molecular complexity index is 1390. The molecule has 0 spiro atoms. The number of anilines is 1. The molecule has 0 amide bonds. The SMILES string of the molecule is CCc1ccc(C2NC(=S)N(c3ccc(C)cc3)C(C)=C2c2nc(-c3ccc(C)cc3)no2)cc1. The van der Waals surface area contributed by atoms with Gasteiger partial charge in [0.15, 0.2) is 5.11 Å². The average Bonchev–Trinajstić information content (AvgIpc) is 3.35. The van der Waals surface area contributed by atoms with E-state index in [4.69, 9.17) is 21.7 Å². The van der Waals surface area contributed by atoms with Gasteiger partial charge in [-0.3, -0.25) is 4.90 Å². The molecule has 1 unspecified atom stereocenters. The summed E-state index contributed by atoms with van der Waals surface area (Å²) in [5.74, 6) is 1.05. The van der Waals surface area contributed by atoms with Crippen LogP contribution < -0.4 is 10.2 Å². The van der Waals surface area contributed by atoms with Gasteiger partial charge in [-0.1, -0.05) is 83.9 Å². The maximum absolute atomic E-state index is 5.87. The normalized spacial score (nSPS) is 15.9. The summed E-state index contributed by atoms with van der Waals surface area (Å²) in [6, 6.07) is 24.8. The van der Waals surface area contributed by atoms with Crippen LogP contribution in [0.5, 0.6) is 0 Å². The molecule has 0 aliphatic carbocycles. The minimum Gasteiger partial charge on any atom is -0.351 e. The van der Waals surface area contributed by atoms with Crippen molar-refractivity contribution in [2.24, 2.45) is 0 Å². The number of rotatable bonds is 5. The molecule has 35 heavy (non-hydrogen) atoms. The zero-order valence-electron chi connectivity index (χ0n) is 20.4. The van der Waals surface area contributed by atoms with Crippen molar-refractivity contribution in [1.29, 1.82) is 0 Å². The van der Waals surface area contributed by atoms with Crippen LogP contribution in [0, 0.1) is 13.8 Å². The molecule has 5 rings (SSSR count). The van der Waals surface area contributed by atoms with Gasteiger partial charge in [0.2, 0.25) is 5.82 Å². The Labute approximate surface area is 211 Å². The summed E-state index contributed by atoms with van der Waals surface area (Å²) in [6.45, 7) is 8.35. The van der Waals surface area contributed by atoms with Crippen LogP contribution in [0.4, 0.5) is 5.69 Å². The first-order valence-corrected chi connectivity index (χ1v) is 12.2. The maximum Gasteiger partial charge on any atom is 0.258 e. The van der Waals surface area contributed by atoms with Gasteiger partial charge < -0.3 is 9.84 Å². The number of hydrogen-bond donors (Lipinski definition) is 1. The zero-order valence-corrected chi connectivity index (χ0v) is 21.2. The predicted molar refractivity (Wildman–Crippen MR) is 145 cm³/mol. The minimum atomic E-state index is -0.207. The first-order chi connectivity index (χ1) is 16.9. The fraction of sp³-hybridized carbons (Fsp3) is 0.207. The highest BCUT2D eigenvalue weighted by Crippen LogP contribution is 2.39. The van der Waals surface area contributed by atoms with Gasteiger partial charge in [0.1, 0.15) is 0 Å². The second kappa shape index (κ2) is 9.47. The van der Waals surface area contributed by atoms with Gasteiger partial charge in [0.05, 0.1) is 11.6 Å². The Hall–Kier alpha value is -3.77. The number of nitrogens with one attached hydrogen (secondary N) is 1. The van der Waals surface area contributed by atoms with E-state index in [1.54, 1.807) is 0 Å². The lowest BCUT2D eigenvalue weighted by Crippen LogP contribution is -2.46. The summed E-state index contributed by atoms with van der Waals surface area (Å²) in [5, 5.41) is 8.49. The smallest absolute Gasteiger partial charge is 0.258 e. The molecule has 5 nitrogen and oxygen atoms in total.